The Hall–Kier alpha value is -4.26. The van der Waals surface area contributed by atoms with Gasteiger partial charge in [0, 0.05) is 12.0 Å². The zero-order valence-corrected chi connectivity index (χ0v) is 19.3. The molecule has 2 aliphatic heterocycles. The lowest BCUT2D eigenvalue weighted by atomic mass is 9.94. The highest BCUT2D eigenvalue weighted by Gasteiger charge is 2.46. The number of hydrogen-bond donors (Lipinski definition) is 1. The Morgan fingerprint density at radius 1 is 1.20 bits per heavy atom. The maximum atomic E-state index is 13.3. The molecule has 1 amide bonds. The van der Waals surface area contributed by atoms with E-state index in [9.17, 15) is 14.7 Å². The van der Waals surface area contributed by atoms with Crippen LogP contribution in [0.4, 0.5) is 0 Å². The van der Waals surface area contributed by atoms with Gasteiger partial charge in [-0.2, -0.15) is 0 Å². The van der Waals surface area contributed by atoms with Crippen molar-refractivity contribution < 1.29 is 28.6 Å². The van der Waals surface area contributed by atoms with E-state index in [0.29, 0.717) is 35.7 Å². The first-order valence-corrected chi connectivity index (χ1v) is 11.4. The highest BCUT2D eigenvalue weighted by Crippen LogP contribution is 2.42. The standard InChI is InChI=1S/C28H25NO6/c1-3-11-33-21-7-4-6-18(15-21)25-24(27(31)28(32)29(25)16-22-8-5-12-34-22)26(30)19-9-10-23-20(14-19)13-17(2)35-23/h3-10,12,14-15,17,25,30H,1,11,13,16H2,2H3/b26-24+/t17-,25+/m1/s1. The SMILES string of the molecule is C=CCOc1cccc([C@H]2/C(=C(\O)c3ccc4c(c3)C[C@@H](C)O4)C(=O)C(=O)N2Cc2ccco2)c1. The molecular weight excluding hydrogens is 446 g/mol. The Balaban J connectivity index is 1.62. The van der Waals surface area contributed by atoms with Gasteiger partial charge in [0.25, 0.3) is 11.7 Å². The molecule has 0 radical (unpaired) electrons. The van der Waals surface area contributed by atoms with Gasteiger partial charge < -0.3 is 23.9 Å². The second kappa shape index (κ2) is 9.18. The number of benzene rings is 2. The fourth-order valence-corrected chi connectivity index (χ4v) is 4.61. The molecule has 178 valence electrons. The number of aliphatic hydroxyl groups is 1. The molecule has 7 heteroatoms. The monoisotopic (exact) mass is 471 g/mol. The Bertz CT molecular complexity index is 1320. The topological polar surface area (TPSA) is 89.2 Å². The predicted molar refractivity (Wildman–Crippen MR) is 129 cm³/mol. The second-order valence-corrected chi connectivity index (χ2v) is 8.63. The predicted octanol–water partition coefficient (Wildman–Crippen LogP) is 4.79. The molecule has 0 aliphatic carbocycles. The number of likely N-dealkylation sites (tertiary alicyclic amines) is 1. The summed E-state index contributed by atoms with van der Waals surface area (Å²) in [5.74, 6) is 0.172. The summed E-state index contributed by atoms with van der Waals surface area (Å²) in [6, 6.07) is 15.1. The van der Waals surface area contributed by atoms with Crippen LogP contribution in [0.15, 0.2) is 83.5 Å². The van der Waals surface area contributed by atoms with Crippen LogP contribution in [0.5, 0.6) is 11.5 Å². The van der Waals surface area contributed by atoms with Crippen LogP contribution in [-0.4, -0.2) is 34.4 Å². The van der Waals surface area contributed by atoms with E-state index in [1.165, 1.54) is 11.2 Å². The van der Waals surface area contributed by atoms with E-state index in [2.05, 4.69) is 6.58 Å². The largest absolute Gasteiger partial charge is 0.507 e. The van der Waals surface area contributed by atoms with Gasteiger partial charge in [0.1, 0.15) is 35.7 Å². The summed E-state index contributed by atoms with van der Waals surface area (Å²) in [4.78, 5) is 27.9. The van der Waals surface area contributed by atoms with Gasteiger partial charge in [0.15, 0.2) is 0 Å². The molecule has 0 unspecified atom stereocenters. The minimum Gasteiger partial charge on any atom is -0.507 e. The van der Waals surface area contributed by atoms with E-state index in [4.69, 9.17) is 13.9 Å². The highest BCUT2D eigenvalue weighted by molar-refractivity contribution is 6.46. The molecule has 1 saturated heterocycles. The normalized spacial score (nSPS) is 20.5. The number of amides is 1. The number of furan rings is 1. The number of aliphatic hydroxyl groups excluding tert-OH is 1. The van der Waals surface area contributed by atoms with E-state index in [1.54, 1.807) is 54.6 Å². The average Bonchev–Trinajstić information content (AvgIpc) is 3.56. The molecule has 7 nitrogen and oxygen atoms in total. The van der Waals surface area contributed by atoms with Crippen LogP contribution in [0.3, 0.4) is 0 Å². The molecular formula is C28H25NO6. The average molecular weight is 472 g/mol. The van der Waals surface area contributed by atoms with Crippen molar-refractivity contribution >= 4 is 17.4 Å². The number of ketones is 1. The van der Waals surface area contributed by atoms with E-state index in [1.807, 2.05) is 13.0 Å². The van der Waals surface area contributed by atoms with Gasteiger partial charge >= 0.3 is 0 Å². The van der Waals surface area contributed by atoms with Crippen LogP contribution < -0.4 is 9.47 Å². The van der Waals surface area contributed by atoms with Gasteiger partial charge in [-0.25, -0.2) is 0 Å². The van der Waals surface area contributed by atoms with Gasteiger partial charge in [-0.15, -0.1) is 0 Å². The van der Waals surface area contributed by atoms with Crippen LogP contribution in [-0.2, 0) is 22.6 Å². The van der Waals surface area contributed by atoms with E-state index >= 15 is 0 Å². The van der Waals surface area contributed by atoms with Crippen molar-refractivity contribution in [1.29, 1.82) is 0 Å². The Kier molecular flexibility index (Phi) is 5.91. The lowest BCUT2D eigenvalue weighted by Gasteiger charge is -2.25. The molecule has 1 aromatic heterocycles. The van der Waals surface area contributed by atoms with Gasteiger partial charge in [-0.3, -0.25) is 9.59 Å². The van der Waals surface area contributed by atoms with Crippen molar-refractivity contribution in [3.8, 4) is 11.5 Å². The van der Waals surface area contributed by atoms with Crippen molar-refractivity contribution in [2.24, 2.45) is 0 Å². The highest BCUT2D eigenvalue weighted by atomic mass is 16.5. The molecule has 0 saturated carbocycles. The van der Waals surface area contributed by atoms with Crippen molar-refractivity contribution in [3.63, 3.8) is 0 Å². The van der Waals surface area contributed by atoms with Crippen molar-refractivity contribution in [1.82, 2.24) is 4.90 Å². The quantitative estimate of drug-likeness (QED) is 0.231. The van der Waals surface area contributed by atoms with Crippen LogP contribution in [0.2, 0.25) is 0 Å². The van der Waals surface area contributed by atoms with E-state index < -0.39 is 17.7 Å². The molecule has 1 N–H and O–H groups in total. The Morgan fingerprint density at radius 3 is 2.83 bits per heavy atom. The van der Waals surface area contributed by atoms with E-state index in [0.717, 1.165) is 11.3 Å². The van der Waals surface area contributed by atoms with Crippen molar-refractivity contribution in [3.05, 3.63) is 102 Å². The van der Waals surface area contributed by atoms with Gasteiger partial charge in [0.05, 0.1) is 24.4 Å². The molecule has 2 atom stereocenters. The summed E-state index contributed by atoms with van der Waals surface area (Å²) in [5, 5.41) is 11.4. The van der Waals surface area contributed by atoms with Crippen LogP contribution in [0, 0.1) is 0 Å². The minimum atomic E-state index is -0.823. The lowest BCUT2D eigenvalue weighted by molar-refractivity contribution is -0.140. The van der Waals surface area contributed by atoms with Crippen molar-refractivity contribution in [2.75, 3.05) is 6.61 Å². The molecule has 35 heavy (non-hydrogen) atoms. The number of fused-ring (bicyclic) bond motifs is 1. The van der Waals surface area contributed by atoms with Crippen LogP contribution in [0.25, 0.3) is 5.76 Å². The summed E-state index contributed by atoms with van der Waals surface area (Å²) < 4.78 is 16.9. The molecule has 3 aromatic rings. The molecule has 2 aliphatic rings. The Labute approximate surface area is 202 Å². The zero-order valence-electron chi connectivity index (χ0n) is 19.3. The molecule has 1 fully saturated rings. The van der Waals surface area contributed by atoms with Crippen LogP contribution in [0.1, 0.15) is 35.4 Å². The number of ether oxygens (including phenoxy) is 2. The third kappa shape index (κ3) is 4.21. The smallest absolute Gasteiger partial charge is 0.296 e. The second-order valence-electron chi connectivity index (χ2n) is 8.63. The lowest BCUT2D eigenvalue weighted by Crippen LogP contribution is -2.29. The fourth-order valence-electron chi connectivity index (χ4n) is 4.61. The summed E-state index contributed by atoms with van der Waals surface area (Å²) in [5.41, 5.74) is 2.07. The third-order valence-electron chi connectivity index (χ3n) is 6.16. The molecule has 3 heterocycles. The summed E-state index contributed by atoms with van der Waals surface area (Å²) in [6.07, 6.45) is 3.89. The number of rotatable bonds is 7. The molecule has 5 rings (SSSR count). The molecule has 0 bridgehead atoms. The number of Topliss-reactive ketones (excluding diaryl/α,β-unsaturated/α-hetero) is 1. The first-order valence-electron chi connectivity index (χ1n) is 11.4. The first kappa shape index (κ1) is 22.5. The van der Waals surface area contributed by atoms with Crippen LogP contribution >= 0.6 is 0 Å². The van der Waals surface area contributed by atoms with Crippen molar-refractivity contribution in [2.45, 2.75) is 32.0 Å². The minimum absolute atomic E-state index is 0.0225. The number of carbonyl (C=O) groups excluding carboxylic acids is 2. The third-order valence-corrected chi connectivity index (χ3v) is 6.16. The van der Waals surface area contributed by atoms with Gasteiger partial charge in [0.2, 0.25) is 0 Å². The summed E-state index contributed by atoms with van der Waals surface area (Å²) in [7, 11) is 0. The number of carbonyl (C=O) groups is 2. The van der Waals surface area contributed by atoms with Gasteiger partial charge in [-0.05, 0) is 60.5 Å². The number of nitrogens with zero attached hydrogens (tertiary/aromatic N) is 1. The zero-order chi connectivity index (χ0) is 24.5. The van der Waals surface area contributed by atoms with E-state index in [-0.39, 0.29) is 24.0 Å². The maximum Gasteiger partial charge on any atom is 0.296 e. The van der Waals surface area contributed by atoms with Gasteiger partial charge in [-0.1, -0.05) is 24.8 Å². The molecule has 0 spiro atoms. The number of hydrogen-bond acceptors (Lipinski definition) is 6. The summed E-state index contributed by atoms with van der Waals surface area (Å²) >= 11 is 0. The fraction of sp³-hybridized carbons (Fsp3) is 0.214. The first-order chi connectivity index (χ1) is 17.0. The summed E-state index contributed by atoms with van der Waals surface area (Å²) in [6.45, 7) is 6.03. The Morgan fingerprint density at radius 2 is 2.06 bits per heavy atom. The maximum absolute atomic E-state index is 13.3. The molecule has 2 aromatic carbocycles.